The van der Waals surface area contributed by atoms with Crippen molar-refractivity contribution in [1.82, 2.24) is 0 Å². The molecule has 3 rings (SSSR count). The molecule has 6 heteroatoms. The zero-order chi connectivity index (χ0) is 17.3. The lowest BCUT2D eigenvalue weighted by atomic mass is 9.89. The number of aromatic carboxylic acids is 1. The lowest BCUT2D eigenvalue weighted by molar-refractivity contribution is -0.254. The van der Waals surface area contributed by atoms with E-state index in [4.69, 9.17) is 4.74 Å². The van der Waals surface area contributed by atoms with E-state index in [0.29, 0.717) is 11.1 Å². The van der Waals surface area contributed by atoms with Crippen molar-refractivity contribution in [1.29, 1.82) is 0 Å². The molecule has 2 aromatic carbocycles. The largest absolute Gasteiger partial charge is 0.545 e. The number of carbonyl (C=O) groups is 3. The number of cyclic esters (lactones) is 1. The molecule has 1 atom stereocenters. The van der Waals surface area contributed by atoms with Gasteiger partial charge in [0.15, 0.2) is 5.60 Å². The summed E-state index contributed by atoms with van der Waals surface area (Å²) in [5.74, 6) is -2.58. The number of anilines is 1. The molecule has 0 radical (unpaired) electrons. The fourth-order valence-corrected chi connectivity index (χ4v) is 2.68. The fraction of sp³-hybridized carbons (Fsp3) is 0.167. The molecule has 1 aliphatic heterocycles. The number of carboxylic acid groups (broad SMARTS) is 1. The molecule has 122 valence electrons. The number of rotatable bonds is 3. The van der Waals surface area contributed by atoms with Gasteiger partial charge in [0.05, 0.1) is 11.5 Å². The van der Waals surface area contributed by atoms with Crippen LogP contribution < -0.4 is 10.4 Å². The Kier molecular flexibility index (Phi) is 3.81. The van der Waals surface area contributed by atoms with E-state index >= 15 is 0 Å². The standard InChI is InChI=1S/C18H15NO5/c1-18(10-11-6-2-3-7-12(11)16(22)24-18)17(23)19-14-9-5-4-8-13(14)15(20)21/h2-9H,10H2,1H3,(H,19,23)(H,20,21)/p-1/t18-/m0/s1. The molecular formula is C18H14NO5-. The molecule has 0 bridgehead atoms. The summed E-state index contributed by atoms with van der Waals surface area (Å²) < 4.78 is 5.32. The molecule has 1 aliphatic rings. The summed E-state index contributed by atoms with van der Waals surface area (Å²) in [6, 6.07) is 12.8. The van der Waals surface area contributed by atoms with Crippen molar-refractivity contribution in [2.45, 2.75) is 18.9 Å². The average molecular weight is 324 g/mol. The maximum atomic E-state index is 12.6. The summed E-state index contributed by atoms with van der Waals surface area (Å²) in [5, 5.41) is 13.6. The van der Waals surface area contributed by atoms with Crippen LogP contribution in [0.25, 0.3) is 0 Å². The lowest BCUT2D eigenvalue weighted by Gasteiger charge is -2.33. The number of hydrogen-bond acceptors (Lipinski definition) is 5. The number of carbonyl (C=O) groups excluding carboxylic acids is 3. The molecule has 2 aromatic rings. The molecule has 0 fully saturated rings. The molecule has 1 heterocycles. The number of fused-ring (bicyclic) bond motifs is 1. The summed E-state index contributed by atoms with van der Waals surface area (Å²) in [5.41, 5.74) is -0.335. The van der Waals surface area contributed by atoms with Crippen LogP contribution in [0.3, 0.4) is 0 Å². The second kappa shape index (κ2) is 5.81. The minimum absolute atomic E-state index is 0.0960. The summed E-state index contributed by atoms with van der Waals surface area (Å²) in [6.45, 7) is 1.50. The number of ether oxygens (including phenoxy) is 1. The maximum absolute atomic E-state index is 12.6. The van der Waals surface area contributed by atoms with Crippen molar-refractivity contribution < 1.29 is 24.2 Å². The van der Waals surface area contributed by atoms with Crippen LogP contribution in [0.4, 0.5) is 5.69 Å². The first-order valence-electron chi connectivity index (χ1n) is 7.34. The minimum atomic E-state index is -1.43. The Labute approximate surface area is 138 Å². The first-order valence-corrected chi connectivity index (χ1v) is 7.34. The van der Waals surface area contributed by atoms with Crippen molar-refractivity contribution in [3.05, 3.63) is 65.2 Å². The van der Waals surface area contributed by atoms with Crippen molar-refractivity contribution in [3.8, 4) is 0 Å². The van der Waals surface area contributed by atoms with Crippen LogP contribution in [0.15, 0.2) is 48.5 Å². The van der Waals surface area contributed by atoms with Gasteiger partial charge >= 0.3 is 5.97 Å². The number of nitrogens with one attached hydrogen (secondary N) is 1. The summed E-state index contributed by atoms with van der Waals surface area (Å²) in [7, 11) is 0. The third kappa shape index (κ3) is 2.74. The Morgan fingerprint density at radius 2 is 1.79 bits per heavy atom. The van der Waals surface area contributed by atoms with Crippen LogP contribution in [0.2, 0.25) is 0 Å². The van der Waals surface area contributed by atoms with E-state index in [9.17, 15) is 19.5 Å². The highest BCUT2D eigenvalue weighted by Crippen LogP contribution is 2.29. The smallest absolute Gasteiger partial charge is 0.339 e. The van der Waals surface area contributed by atoms with E-state index in [0.717, 1.165) is 0 Å². The maximum Gasteiger partial charge on any atom is 0.339 e. The van der Waals surface area contributed by atoms with Gasteiger partial charge in [-0.1, -0.05) is 36.4 Å². The van der Waals surface area contributed by atoms with Gasteiger partial charge in [-0.25, -0.2) is 4.79 Å². The van der Waals surface area contributed by atoms with E-state index in [1.54, 1.807) is 30.3 Å². The summed E-state index contributed by atoms with van der Waals surface area (Å²) in [4.78, 5) is 35.9. The van der Waals surface area contributed by atoms with Gasteiger partial charge in [-0.15, -0.1) is 0 Å². The number of hydrogen-bond donors (Lipinski definition) is 1. The first-order chi connectivity index (χ1) is 11.4. The van der Waals surface area contributed by atoms with Gasteiger partial charge in [0.1, 0.15) is 0 Å². The molecule has 1 N–H and O–H groups in total. The number of carboxylic acids is 1. The monoisotopic (exact) mass is 324 g/mol. The molecule has 0 unspecified atom stereocenters. The molecule has 1 amide bonds. The van der Waals surface area contributed by atoms with Gasteiger partial charge in [0.25, 0.3) is 5.91 Å². The topological polar surface area (TPSA) is 95.5 Å². The van der Waals surface area contributed by atoms with Gasteiger partial charge in [0.2, 0.25) is 0 Å². The first kappa shape index (κ1) is 15.7. The summed E-state index contributed by atoms with van der Waals surface area (Å²) >= 11 is 0. The van der Waals surface area contributed by atoms with Crippen molar-refractivity contribution in [2.75, 3.05) is 5.32 Å². The summed E-state index contributed by atoms with van der Waals surface area (Å²) in [6.07, 6.45) is 0.203. The molecule has 6 nitrogen and oxygen atoms in total. The van der Waals surface area contributed by atoms with Gasteiger partial charge < -0.3 is 20.0 Å². The van der Waals surface area contributed by atoms with Gasteiger partial charge in [0, 0.05) is 17.7 Å². The predicted molar refractivity (Wildman–Crippen MR) is 83.4 cm³/mol. The van der Waals surface area contributed by atoms with Crippen LogP contribution >= 0.6 is 0 Å². The Morgan fingerprint density at radius 1 is 1.12 bits per heavy atom. The van der Waals surface area contributed by atoms with Gasteiger partial charge in [-0.2, -0.15) is 0 Å². The van der Waals surface area contributed by atoms with Crippen molar-refractivity contribution >= 4 is 23.5 Å². The van der Waals surface area contributed by atoms with E-state index in [-0.39, 0.29) is 17.7 Å². The van der Waals surface area contributed by atoms with E-state index in [1.165, 1.54) is 25.1 Å². The van der Waals surface area contributed by atoms with Crippen LogP contribution in [0.5, 0.6) is 0 Å². The normalized spacial score (nSPS) is 19.1. The molecule has 0 saturated heterocycles. The second-order valence-corrected chi connectivity index (χ2v) is 5.74. The van der Waals surface area contributed by atoms with Crippen LogP contribution in [-0.2, 0) is 16.0 Å². The average Bonchev–Trinajstić information content (AvgIpc) is 2.55. The Balaban J connectivity index is 1.89. The molecular weight excluding hydrogens is 310 g/mol. The predicted octanol–water partition coefficient (Wildman–Crippen LogP) is 1.16. The zero-order valence-corrected chi connectivity index (χ0v) is 12.9. The van der Waals surface area contributed by atoms with Gasteiger partial charge in [-0.05, 0) is 24.6 Å². The molecule has 0 aliphatic carbocycles. The number of benzene rings is 2. The molecule has 0 spiro atoms. The SMILES string of the molecule is C[C@@]1(C(=O)Nc2ccccc2C(=O)[O-])Cc2ccccc2C(=O)O1. The Hall–Kier alpha value is -3.15. The van der Waals surface area contributed by atoms with E-state index in [2.05, 4.69) is 5.32 Å². The van der Waals surface area contributed by atoms with Crippen molar-refractivity contribution in [3.63, 3.8) is 0 Å². The highest BCUT2D eigenvalue weighted by molar-refractivity contribution is 6.05. The van der Waals surface area contributed by atoms with Crippen LogP contribution in [0.1, 0.15) is 33.2 Å². The Morgan fingerprint density at radius 3 is 2.54 bits per heavy atom. The van der Waals surface area contributed by atoms with E-state index in [1.807, 2.05) is 0 Å². The fourth-order valence-electron chi connectivity index (χ4n) is 2.68. The lowest BCUT2D eigenvalue weighted by Crippen LogP contribution is -2.49. The minimum Gasteiger partial charge on any atom is -0.545 e. The van der Waals surface area contributed by atoms with Crippen molar-refractivity contribution in [2.24, 2.45) is 0 Å². The van der Waals surface area contributed by atoms with E-state index < -0.39 is 23.4 Å². The second-order valence-electron chi connectivity index (χ2n) is 5.74. The highest BCUT2D eigenvalue weighted by Gasteiger charge is 2.42. The van der Waals surface area contributed by atoms with Gasteiger partial charge in [-0.3, -0.25) is 4.79 Å². The highest BCUT2D eigenvalue weighted by atomic mass is 16.6. The molecule has 24 heavy (non-hydrogen) atoms. The number of amides is 1. The molecule has 0 aromatic heterocycles. The van der Waals surface area contributed by atoms with Crippen LogP contribution in [0, 0.1) is 0 Å². The number of para-hydroxylation sites is 1. The quantitative estimate of drug-likeness (QED) is 0.855. The molecule has 0 saturated carbocycles. The van der Waals surface area contributed by atoms with Crippen LogP contribution in [-0.4, -0.2) is 23.4 Å². The third-order valence-electron chi connectivity index (χ3n) is 3.96. The Bertz CT molecular complexity index is 845. The zero-order valence-electron chi connectivity index (χ0n) is 12.9. The third-order valence-corrected chi connectivity index (χ3v) is 3.96. The number of esters is 1.